The van der Waals surface area contributed by atoms with Gasteiger partial charge in [-0.25, -0.2) is 9.98 Å². The summed E-state index contributed by atoms with van der Waals surface area (Å²) in [6.45, 7) is 4.97. The van der Waals surface area contributed by atoms with E-state index < -0.39 is 0 Å². The van der Waals surface area contributed by atoms with Gasteiger partial charge in [-0.1, -0.05) is 12.2 Å². The van der Waals surface area contributed by atoms with Crippen LogP contribution in [0.3, 0.4) is 0 Å². The van der Waals surface area contributed by atoms with E-state index >= 15 is 0 Å². The Kier molecular flexibility index (Phi) is 5.92. The summed E-state index contributed by atoms with van der Waals surface area (Å²) in [5, 5.41) is 13.2. The van der Waals surface area contributed by atoms with Gasteiger partial charge in [-0.05, 0) is 43.8 Å². The van der Waals surface area contributed by atoms with Crippen LogP contribution in [-0.4, -0.2) is 22.7 Å². The van der Waals surface area contributed by atoms with Gasteiger partial charge in [0.05, 0.1) is 0 Å². The summed E-state index contributed by atoms with van der Waals surface area (Å²) in [6.07, 6.45) is 8.94. The highest BCUT2D eigenvalue weighted by molar-refractivity contribution is 6.08. The number of pyridine rings is 1. The number of nitrogens with one attached hydrogen (secondary N) is 1. The van der Waals surface area contributed by atoms with Crippen LogP contribution in [0, 0.1) is 0 Å². The van der Waals surface area contributed by atoms with Gasteiger partial charge in [0.25, 0.3) is 5.91 Å². The minimum absolute atomic E-state index is 0.0331. The third-order valence-electron chi connectivity index (χ3n) is 3.37. The predicted octanol–water partition coefficient (Wildman–Crippen LogP) is 3.45. The Morgan fingerprint density at radius 3 is 2.96 bits per heavy atom. The molecule has 0 aromatic carbocycles. The van der Waals surface area contributed by atoms with Crippen LogP contribution in [0.5, 0.6) is 5.88 Å². The van der Waals surface area contributed by atoms with Gasteiger partial charge >= 0.3 is 0 Å². The molecule has 0 atom stereocenters. The average Bonchev–Trinajstić information content (AvgIpc) is 2.86. The number of aliphatic hydroxyl groups is 1. The SMILES string of the molecule is C=NC(=O)C1=CCC=C(N/C(O)=C(\C)c2ccnc(OCl)c2)C=C1. The first-order chi connectivity index (χ1) is 11.5. The van der Waals surface area contributed by atoms with E-state index in [1.54, 1.807) is 37.3 Å². The van der Waals surface area contributed by atoms with E-state index in [9.17, 15) is 9.90 Å². The topological polar surface area (TPSA) is 83.8 Å². The molecular weight excluding hydrogens is 330 g/mol. The zero-order valence-corrected chi connectivity index (χ0v) is 13.7. The van der Waals surface area contributed by atoms with E-state index in [-0.39, 0.29) is 17.7 Å². The van der Waals surface area contributed by atoms with E-state index in [0.29, 0.717) is 28.8 Å². The zero-order chi connectivity index (χ0) is 17.5. The van der Waals surface area contributed by atoms with Crippen LogP contribution >= 0.6 is 11.9 Å². The summed E-state index contributed by atoms with van der Waals surface area (Å²) in [4.78, 5) is 18.8. The van der Waals surface area contributed by atoms with Crippen LogP contribution < -0.4 is 9.61 Å². The van der Waals surface area contributed by atoms with E-state index in [0.717, 1.165) is 0 Å². The molecule has 24 heavy (non-hydrogen) atoms. The highest BCUT2D eigenvalue weighted by Gasteiger charge is 2.09. The van der Waals surface area contributed by atoms with Crippen molar-refractivity contribution in [2.45, 2.75) is 13.3 Å². The molecule has 0 saturated carbocycles. The van der Waals surface area contributed by atoms with Crippen LogP contribution in [0.2, 0.25) is 0 Å². The smallest absolute Gasteiger partial charge is 0.276 e. The van der Waals surface area contributed by atoms with Gasteiger partial charge in [0.15, 0.2) is 5.88 Å². The number of amides is 1. The van der Waals surface area contributed by atoms with Gasteiger partial charge in [0, 0.05) is 29.1 Å². The van der Waals surface area contributed by atoms with E-state index in [1.165, 1.54) is 6.20 Å². The number of carbonyl (C=O) groups is 1. The van der Waals surface area contributed by atoms with Crippen LogP contribution in [0.25, 0.3) is 5.57 Å². The Labute approximate surface area is 144 Å². The quantitative estimate of drug-likeness (QED) is 0.630. The number of rotatable bonds is 5. The van der Waals surface area contributed by atoms with Crippen molar-refractivity contribution in [1.82, 2.24) is 10.3 Å². The third-order valence-corrected chi connectivity index (χ3v) is 3.53. The highest BCUT2D eigenvalue weighted by Crippen LogP contribution is 2.20. The molecule has 6 nitrogen and oxygen atoms in total. The minimum Gasteiger partial charge on any atom is -0.494 e. The standard InChI is InChI=1S/C17H16ClN3O3/c1-11(13-8-9-20-15(10-13)24-18)16(22)21-14-5-3-4-12(6-7-14)17(23)19-2/h4-10,21-22H,2-3H2,1H3/b16-11-. The average molecular weight is 346 g/mol. The Balaban J connectivity index is 2.16. The van der Waals surface area contributed by atoms with Crippen LogP contribution in [0.4, 0.5) is 0 Å². The molecule has 1 aliphatic carbocycles. The number of allylic oxidation sites excluding steroid dienone is 4. The molecule has 0 bridgehead atoms. The van der Waals surface area contributed by atoms with Crippen molar-refractivity contribution in [3.05, 3.63) is 65.4 Å². The van der Waals surface area contributed by atoms with Crippen LogP contribution in [0.15, 0.2) is 64.8 Å². The number of nitrogens with zero attached hydrogens (tertiary/aromatic N) is 2. The Bertz CT molecular complexity index is 779. The summed E-state index contributed by atoms with van der Waals surface area (Å²) in [5.41, 5.74) is 2.39. The number of aliphatic imine (C=N–C) groups is 1. The lowest BCUT2D eigenvalue weighted by Crippen LogP contribution is -2.12. The number of hydrogen-bond acceptors (Lipinski definition) is 5. The largest absolute Gasteiger partial charge is 0.494 e. The first-order valence-corrected chi connectivity index (χ1v) is 7.37. The lowest BCUT2D eigenvalue weighted by Gasteiger charge is -2.10. The lowest BCUT2D eigenvalue weighted by molar-refractivity contribution is -0.114. The molecule has 0 spiro atoms. The molecule has 0 radical (unpaired) electrons. The number of aromatic nitrogens is 1. The van der Waals surface area contributed by atoms with Crippen molar-refractivity contribution in [3.8, 4) is 5.88 Å². The molecule has 2 rings (SSSR count). The summed E-state index contributed by atoms with van der Waals surface area (Å²) in [7, 11) is 0. The molecule has 1 heterocycles. The Morgan fingerprint density at radius 2 is 2.25 bits per heavy atom. The first-order valence-electron chi connectivity index (χ1n) is 7.06. The summed E-state index contributed by atoms with van der Waals surface area (Å²) in [6, 6.07) is 3.32. The van der Waals surface area contributed by atoms with Crippen molar-refractivity contribution in [1.29, 1.82) is 0 Å². The molecule has 124 valence electrons. The van der Waals surface area contributed by atoms with Crippen LogP contribution in [0.1, 0.15) is 18.9 Å². The molecule has 0 fully saturated rings. The van der Waals surface area contributed by atoms with Crippen molar-refractivity contribution < 1.29 is 14.2 Å². The fourth-order valence-electron chi connectivity index (χ4n) is 2.02. The van der Waals surface area contributed by atoms with E-state index in [4.69, 9.17) is 11.9 Å². The third kappa shape index (κ3) is 4.33. The maximum Gasteiger partial charge on any atom is 0.276 e. The molecule has 1 amide bonds. The summed E-state index contributed by atoms with van der Waals surface area (Å²) >= 11 is 5.29. The van der Waals surface area contributed by atoms with Crippen molar-refractivity contribution >= 4 is 30.1 Å². The Hall–Kier alpha value is -2.86. The second-order valence-corrected chi connectivity index (χ2v) is 5.06. The second-order valence-electron chi connectivity index (χ2n) is 4.91. The maximum atomic E-state index is 11.5. The summed E-state index contributed by atoms with van der Waals surface area (Å²) < 4.78 is 4.56. The van der Waals surface area contributed by atoms with E-state index in [2.05, 4.69) is 26.3 Å². The van der Waals surface area contributed by atoms with Crippen molar-refractivity contribution in [3.63, 3.8) is 0 Å². The molecule has 1 aromatic heterocycles. The van der Waals surface area contributed by atoms with Gasteiger partial charge in [-0.2, -0.15) is 0 Å². The van der Waals surface area contributed by atoms with Crippen molar-refractivity contribution in [2.24, 2.45) is 4.99 Å². The van der Waals surface area contributed by atoms with Gasteiger partial charge in [-0.3, -0.25) is 4.79 Å². The normalized spacial score (nSPS) is 14.8. The monoisotopic (exact) mass is 345 g/mol. The maximum absolute atomic E-state index is 11.5. The van der Waals surface area contributed by atoms with E-state index in [1.807, 2.05) is 6.08 Å². The van der Waals surface area contributed by atoms with Crippen LogP contribution in [-0.2, 0) is 4.79 Å². The molecule has 0 aliphatic heterocycles. The van der Waals surface area contributed by atoms with Gasteiger partial charge < -0.3 is 14.7 Å². The number of halogens is 1. The predicted molar refractivity (Wildman–Crippen MR) is 93.6 cm³/mol. The molecule has 0 unspecified atom stereocenters. The number of aliphatic hydroxyl groups excluding tert-OH is 1. The first kappa shape index (κ1) is 17.5. The fourth-order valence-corrected chi connectivity index (χ4v) is 2.11. The zero-order valence-electron chi connectivity index (χ0n) is 13.0. The minimum atomic E-state index is -0.387. The van der Waals surface area contributed by atoms with Gasteiger partial charge in [0.2, 0.25) is 5.88 Å². The fraction of sp³-hybridized carbons (Fsp3) is 0.118. The number of hydrogen-bond donors (Lipinski definition) is 2. The Morgan fingerprint density at radius 1 is 1.46 bits per heavy atom. The summed E-state index contributed by atoms with van der Waals surface area (Å²) in [5.74, 6) is -0.185. The molecule has 2 N–H and O–H groups in total. The second kappa shape index (κ2) is 8.12. The van der Waals surface area contributed by atoms with Gasteiger partial charge in [0.1, 0.15) is 11.9 Å². The number of carbonyl (C=O) groups excluding carboxylic acids is 1. The molecule has 0 saturated heterocycles. The highest BCUT2D eigenvalue weighted by atomic mass is 35.5. The molecule has 1 aliphatic rings. The molecular formula is C17H16ClN3O3. The molecule has 1 aromatic rings. The van der Waals surface area contributed by atoms with Crippen molar-refractivity contribution in [2.75, 3.05) is 0 Å². The lowest BCUT2D eigenvalue weighted by atomic mass is 10.1. The molecule has 7 heteroatoms. The van der Waals surface area contributed by atoms with Gasteiger partial charge in [-0.15, -0.1) is 0 Å².